The lowest BCUT2D eigenvalue weighted by atomic mass is 9.98. The molecule has 0 bridgehead atoms. The van der Waals surface area contributed by atoms with Gasteiger partial charge in [-0.2, -0.15) is 0 Å². The fraction of sp³-hybridized carbons (Fsp3) is 0.667. The highest BCUT2D eigenvalue weighted by molar-refractivity contribution is 7.11. The number of aliphatic hydroxyl groups excluding tert-OH is 1. The molecule has 1 rings (SSSR count). The second-order valence-electron chi connectivity index (χ2n) is 3.99. The van der Waals surface area contributed by atoms with E-state index in [0.29, 0.717) is 0 Å². The first kappa shape index (κ1) is 9.68. The first-order valence-corrected chi connectivity index (χ1v) is 4.87. The van der Waals surface area contributed by atoms with Gasteiger partial charge in [-0.15, -0.1) is 11.3 Å². The Bertz CT molecular complexity index is 260. The number of thiazole rings is 1. The maximum atomic E-state index is 9.27. The SMILES string of the molecule is CC(O)c1cnc(C(C)(C)C)s1. The third-order valence-corrected chi connectivity index (χ3v) is 3.17. The fourth-order valence-corrected chi connectivity index (χ4v) is 1.74. The zero-order valence-corrected chi connectivity index (χ0v) is 8.77. The molecule has 0 fully saturated rings. The first-order valence-electron chi connectivity index (χ1n) is 4.05. The predicted molar refractivity (Wildman–Crippen MR) is 51.4 cm³/mol. The average molecular weight is 185 g/mol. The number of rotatable bonds is 1. The molecular weight excluding hydrogens is 170 g/mol. The van der Waals surface area contributed by atoms with E-state index in [2.05, 4.69) is 25.8 Å². The average Bonchev–Trinajstić information content (AvgIpc) is 2.30. The summed E-state index contributed by atoms with van der Waals surface area (Å²) in [4.78, 5) is 5.21. The van der Waals surface area contributed by atoms with Crippen molar-refractivity contribution >= 4 is 11.3 Å². The predicted octanol–water partition coefficient (Wildman–Crippen LogP) is 2.49. The molecule has 1 N–H and O–H groups in total. The van der Waals surface area contributed by atoms with Gasteiger partial charge in [-0.05, 0) is 6.92 Å². The van der Waals surface area contributed by atoms with Crippen LogP contribution in [0.5, 0.6) is 0 Å². The molecule has 0 aliphatic carbocycles. The third-order valence-electron chi connectivity index (χ3n) is 1.58. The smallest absolute Gasteiger partial charge is 0.0982 e. The molecule has 1 atom stereocenters. The van der Waals surface area contributed by atoms with Crippen molar-refractivity contribution < 1.29 is 5.11 Å². The van der Waals surface area contributed by atoms with E-state index >= 15 is 0 Å². The lowest BCUT2D eigenvalue weighted by Crippen LogP contribution is -2.09. The Morgan fingerprint density at radius 3 is 2.33 bits per heavy atom. The monoisotopic (exact) mass is 185 g/mol. The molecule has 0 aliphatic heterocycles. The molecule has 0 aliphatic rings. The molecule has 3 heteroatoms. The van der Waals surface area contributed by atoms with Crippen LogP contribution in [0.25, 0.3) is 0 Å². The molecule has 1 aromatic heterocycles. The zero-order chi connectivity index (χ0) is 9.35. The highest BCUT2D eigenvalue weighted by Gasteiger charge is 2.18. The Labute approximate surface area is 77.3 Å². The van der Waals surface area contributed by atoms with Crippen LogP contribution in [-0.4, -0.2) is 10.1 Å². The summed E-state index contributed by atoms with van der Waals surface area (Å²) in [5, 5.41) is 10.4. The minimum atomic E-state index is -0.390. The summed E-state index contributed by atoms with van der Waals surface area (Å²) in [6.45, 7) is 8.13. The van der Waals surface area contributed by atoms with Gasteiger partial charge in [-0.3, -0.25) is 0 Å². The fourth-order valence-electron chi connectivity index (χ4n) is 0.826. The Hall–Kier alpha value is -0.410. The molecule has 1 heterocycles. The van der Waals surface area contributed by atoms with Gasteiger partial charge in [0.05, 0.1) is 16.0 Å². The summed E-state index contributed by atoms with van der Waals surface area (Å²) in [7, 11) is 0. The minimum Gasteiger partial charge on any atom is -0.388 e. The maximum Gasteiger partial charge on any atom is 0.0982 e. The third kappa shape index (κ3) is 2.05. The van der Waals surface area contributed by atoms with Crippen molar-refractivity contribution in [1.29, 1.82) is 0 Å². The summed E-state index contributed by atoms with van der Waals surface area (Å²) >= 11 is 1.59. The Balaban J connectivity index is 2.92. The van der Waals surface area contributed by atoms with E-state index in [9.17, 15) is 5.11 Å². The van der Waals surface area contributed by atoms with Crippen LogP contribution in [0.15, 0.2) is 6.20 Å². The molecule has 1 aromatic rings. The van der Waals surface area contributed by atoms with E-state index in [1.165, 1.54) is 0 Å². The molecule has 2 nitrogen and oxygen atoms in total. The second-order valence-corrected chi connectivity index (χ2v) is 5.06. The van der Waals surface area contributed by atoms with Gasteiger partial charge in [0.15, 0.2) is 0 Å². The van der Waals surface area contributed by atoms with Crippen LogP contribution in [0.3, 0.4) is 0 Å². The molecule has 0 aromatic carbocycles. The maximum absolute atomic E-state index is 9.27. The van der Waals surface area contributed by atoms with Crippen LogP contribution in [0, 0.1) is 0 Å². The van der Waals surface area contributed by atoms with E-state index in [0.717, 1.165) is 9.88 Å². The van der Waals surface area contributed by atoms with Crippen LogP contribution in [0.4, 0.5) is 0 Å². The van der Waals surface area contributed by atoms with Crippen molar-refractivity contribution in [1.82, 2.24) is 4.98 Å². The molecular formula is C9H15NOS. The molecule has 0 radical (unpaired) electrons. The zero-order valence-electron chi connectivity index (χ0n) is 7.96. The van der Waals surface area contributed by atoms with Gasteiger partial charge in [0.1, 0.15) is 0 Å². The van der Waals surface area contributed by atoms with E-state index in [4.69, 9.17) is 0 Å². The summed E-state index contributed by atoms with van der Waals surface area (Å²) < 4.78 is 0. The largest absolute Gasteiger partial charge is 0.388 e. The van der Waals surface area contributed by atoms with Crippen molar-refractivity contribution in [2.24, 2.45) is 0 Å². The van der Waals surface area contributed by atoms with Crippen LogP contribution in [0.1, 0.15) is 43.7 Å². The van der Waals surface area contributed by atoms with Crippen LogP contribution < -0.4 is 0 Å². The highest BCUT2D eigenvalue weighted by atomic mass is 32.1. The molecule has 0 spiro atoms. The first-order chi connectivity index (χ1) is 5.41. The van der Waals surface area contributed by atoms with Gasteiger partial charge >= 0.3 is 0 Å². The van der Waals surface area contributed by atoms with Crippen LogP contribution in [-0.2, 0) is 5.41 Å². The Morgan fingerprint density at radius 1 is 1.50 bits per heavy atom. The van der Waals surface area contributed by atoms with Gasteiger partial charge in [0, 0.05) is 11.6 Å². The molecule has 1 unspecified atom stereocenters. The summed E-state index contributed by atoms with van der Waals surface area (Å²) in [6, 6.07) is 0. The summed E-state index contributed by atoms with van der Waals surface area (Å²) in [6.07, 6.45) is 1.37. The molecule has 0 amide bonds. The molecule has 0 saturated heterocycles. The molecule has 0 saturated carbocycles. The standard InChI is InChI=1S/C9H15NOS/c1-6(11)7-5-10-8(12-7)9(2,3)4/h5-6,11H,1-4H3. The van der Waals surface area contributed by atoms with Crippen molar-refractivity contribution in [3.63, 3.8) is 0 Å². The van der Waals surface area contributed by atoms with Gasteiger partial charge < -0.3 is 5.11 Å². The Kier molecular flexibility index (Phi) is 2.54. The van der Waals surface area contributed by atoms with Crippen molar-refractivity contribution in [2.75, 3.05) is 0 Å². The van der Waals surface area contributed by atoms with Gasteiger partial charge in [0.25, 0.3) is 0 Å². The van der Waals surface area contributed by atoms with Gasteiger partial charge in [-0.25, -0.2) is 4.98 Å². The molecule has 12 heavy (non-hydrogen) atoms. The molecule has 68 valence electrons. The van der Waals surface area contributed by atoms with Crippen LogP contribution >= 0.6 is 11.3 Å². The Morgan fingerprint density at radius 2 is 2.08 bits per heavy atom. The van der Waals surface area contributed by atoms with Gasteiger partial charge in [-0.1, -0.05) is 20.8 Å². The van der Waals surface area contributed by atoms with E-state index in [-0.39, 0.29) is 5.41 Å². The van der Waals surface area contributed by atoms with Crippen molar-refractivity contribution in [2.45, 2.75) is 39.2 Å². The number of nitrogens with zero attached hydrogens (tertiary/aromatic N) is 1. The second kappa shape index (κ2) is 3.15. The number of hydrogen-bond donors (Lipinski definition) is 1. The van der Waals surface area contributed by atoms with Gasteiger partial charge in [0.2, 0.25) is 0 Å². The number of hydrogen-bond acceptors (Lipinski definition) is 3. The lowest BCUT2D eigenvalue weighted by Gasteiger charge is -2.13. The van der Waals surface area contributed by atoms with E-state index < -0.39 is 6.10 Å². The van der Waals surface area contributed by atoms with E-state index in [1.54, 1.807) is 24.5 Å². The highest BCUT2D eigenvalue weighted by Crippen LogP contribution is 2.29. The summed E-state index contributed by atoms with van der Waals surface area (Å²) in [5.74, 6) is 0. The van der Waals surface area contributed by atoms with Crippen molar-refractivity contribution in [3.8, 4) is 0 Å². The minimum absolute atomic E-state index is 0.0950. The van der Waals surface area contributed by atoms with Crippen LogP contribution in [0.2, 0.25) is 0 Å². The van der Waals surface area contributed by atoms with E-state index in [1.807, 2.05) is 0 Å². The lowest BCUT2D eigenvalue weighted by molar-refractivity contribution is 0.203. The number of aliphatic hydroxyl groups is 1. The normalized spacial score (nSPS) is 14.8. The quantitative estimate of drug-likeness (QED) is 0.729. The summed E-state index contributed by atoms with van der Waals surface area (Å²) in [5.41, 5.74) is 0.0950. The van der Waals surface area contributed by atoms with Crippen molar-refractivity contribution in [3.05, 3.63) is 16.1 Å². The number of aromatic nitrogens is 1. The topological polar surface area (TPSA) is 33.1 Å².